The topological polar surface area (TPSA) is 38.8 Å². The highest BCUT2D eigenvalue weighted by Crippen LogP contribution is 2.43. The molecule has 10 heteroatoms. The minimum Gasteiger partial charge on any atom is -0.493 e. The van der Waals surface area contributed by atoms with Gasteiger partial charge in [0.2, 0.25) is 0 Å². The average Bonchev–Trinajstić information content (AvgIpc) is 2.81. The van der Waals surface area contributed by atoms with Crippen LogP contribution in [-0.4, -0.2) is 31.6 Å². The number of carbonyl (C=O) groups excluding carboxylic acids is 1. The highest BCUT2D eigenvalue weighted by molar-refractivity contribution is 6.42. The van der Waals surface area contributed by atoms with E-state index >= 15 is 0 Å². The van der Waals surface area contributed by atoms with E-state index in [4.69, 9.17) is 44.3 Å². The van der Waals surface area contributed by atoms with Gasteiger partial charge in [-0.1, -0.05) is 46.9 Å². The largest absolute Gasteiger partial charge is 0.493 e. The number of hydrogen-bond donors (Lipinski definition) is 0. The van der Waals surface area contributed by atoms with Crippen molar-refractivity contribution in [1.82, 2.24) is 4.90 Å². The SMILES string of the molecule is COc1cc2c(cc1OC)[C@@H](c1cccc(C(F)(F)F)c1)N(C(=O)c1c(Cl)cc(Cl)cc1Cl)CC2. The first-order valence-corrected chi connectivity index (χ1v) is 11.6. The van der Waals surface area contributed by atoms with Crippen molar-refractivity contribution in [2.45, 2.75) is 18.6 Å². The number of rotatable bonds is 4. The molecular weight excluding hydrogens is 526 g/mol. The number of ether oxygens (including phenoxy) is 2. The number of methoxy groups -OCH3 is 2. The van der Waals surface area contributed by atoms with E-state index in [1.807, 2.05) is 0 Å². The molecule has 3 aromatic carbocycles. The molecule has 1 aliphatic heterocycles. The smallest absolute Gasteiger partial charge is 0.416 e. The molecule has 4 nitrogen and oxygen atoms in total. The molecule has 1 heterocycles. The Hall–Kier alpha value is -2.61. The Morgan fingerprint density at radius 2 is 1.60 bits per heavy atom. The normalized spacial score (nSPS) is 15.5. The fourth-order valence-corrected chi connectivity index (χ4v) is 5.28. The van der Waals surface area contributed by atoms with Gasteiger partial charge in [-0.3, -0.25) is 4.79 Å². The van der Waals surface area contributed by atoms with Crippen LogP contribution in [0, 0.1) is 0 Å². The molecule has 0 unspecified atom stereocenters. The lowest BCUT2D eigenvalue weighted by atomic mass is 9.86. The summed E-state index contributed by atoms with van der Waals surface area (Å²) in [5.41, 5.74) is 0.920. The Balaban J connectivity index is 1.92. The van der Waals surface area contributed by atoms with Gasteiger partial charge in [-0.15, -0.1) is 0 Å². The third kappa shape index (κ3) is 4.90. The molecule has 1 amide bonds. The van der Waals surface area contributed by atoms with Gasteiger partial charge >= 0.3 is 6.18 Å². The van der Waals surface area contributed by atoms with Crippen LogP contribution in [0.1, 0.15) is 38.7 Å². The number of fused-ring (bicyclic) bond motifs is 1. The van der Waals surface area contributed by atoms with Gasteiger partial charge in [-0.05, 0) is 59.5 Å². The second kappa shape index (κ2) is 9.80. The summed E-state index contributed by atoms with van der Waals surface area (Å²) in [6.07, 6.45) is -4.12. The van der Waals surface area contributed by atoms with Gasteiger partial charge in [0.15, 0.2) is 11.5 Å². The minimum atomic E-state index is -4.55. The molecule has 0 aliphatic carbocycles. The summed E-state index contributed by atoms with van der Waals surface area (Å²) in [5, 5.41) is 0.355. The van der Waals surface area contributed by atoms with E-state index in [9.17, 15) is 18.0 Å². The van der Waals surface area contributed by atoms with Gasteiger partial charge in [-0.25, -0.2) is 0 Å². The predicted molar refractivity (Wildman–Crippen MR) is 129 cm³/mol. The Labute approximate surface area is 215 Å². The van der Waals surface area contributed by atoms with Gasteiger partial charge < -0.3 is 14.4 Å². The highest BCUT2D eigenvalue weighted by atomic mass is 35.5. The first kappa shape index (κ1) is 25.5. The molecule has 184 valence electrons. The summed E-state index contributed by atoms with van der Waals surface area (Å²) in [6.45, 7) is 0.206. The molecular formula is C25H19Cl3F3NO3. The molecule has 0 aromatic heterocycles. The highest BCUT2D eigenvalue weighted by Gasteiger charge is 2.37. The first-order valence-electron chi connectivity index (χ1n) is 10.4. The fourth-order valence-electron chi connectivity index (χ4n) is 4.30. The monoisotopic (exact) mass is 543 g/mol. The van der Waals surface area contributed by atoms with E-state index in [1.165, 1.54) is 37.3 Å². The van der Waals surface area contributed by atoms with Crippen molar-refractivity contribution in [3.63, 3.8) is 0 Å². The third-order valence-electron chi connectivity index (χ3n) is 5.88. The molecule has 0 spiro atoms. The van der Waals surface area contributed by atoms with Crippen LogP contribution in [0.2, 0.25) is 15.1 Å². The Bertz CT molecular complexity index is 1270. The van der Waals surface area contributed by atoms with E-state index in [0.29, 0.717) is 23.5 Å². The molecule has 35 heavy (non-hydrogen) atoms. The number of carbonyl (C=O) groups is 1. The van der Waals surface area contributed by atoms with Crippen LogP contribution in [0.3, 0.4) is 0 Å². The van der Waals surface area contributed by atoms with Crippen LogP contribution in [0.5, 0.6) is 11.5 Å². The molecule has 0 saturated carbocycles. The third-order valence-corrected chi connectivity index (χ3v) is 6.70. The molecule has 0 fully saturated rings. The summed E-state index contributed by atoms with van der Waals surface area (Å²) in [7, 11) is 2.96. The quantitative estimate of drug-likeness (QED) is 0.342. The standard InChI is InChI=1S/C25H19Cl3F3NO3/c1-34-20-9-13-6-7-32(24(33)22-18(27)10-16(26)11-19(22)28)23(17(13)12-21(20)35-2)14-4-3-5-15(8-14)25(29,30)31/h3-5,8-12,23H,6-7H2,1-2H3/t23-/m1/s1. The van der Waals surface area contributed by atoms with Gasteiger partial charge in [0.25, 0.3) is 5.91 Å². The molecule has 0 saturated heterocycles. The lowest BCUT2D eigenvalue weighted by molar-refractivity contribution is -0.137. The van der Waals surface area contributed by atoms with Crippen molar-refractivity contribution in [3.05, 3.63) is 91.4 Å². The van der Waals surface area contributed by atoms with Crippen molar-refractivity contribution in [2.75, 3.05) is 20.8 Å². The van der Waals surface area contributed by atoms with Crippen molar-refractivity contribution >= 4 is 40.7 Å². The Morgan fingerprint density at radius 1 is 0.971 bits per heavy atom. The molecule has 0 N–H and O–H groups in total. The number of alkyl halides is 3. The van der Waals surface area contributed by atoms with E-state index in [1.54, 1.807) is 18.2 Å². The lowest BCUT2D eigenvalue weighted by Gasteiger charge is -2.38. The zero-order valence-electron chi connectivity index (χ0n) is 18.6. The van der Waals surface area contributed by atoms with E-state index in [0.717, 1.165) is 17.7 Å². The minimum absolute atomic E-state index is 0.0265. The number of nitrogens with zero attached hydrogens (tertiary/aromatic N) is 1. The molecule has 1 aliphatic rings. The summed E-state index contributed by atoms with van der Waals surface area (Å²) >= 11 is 18.6. The average molecular weight is 545 g/mol. The maximum Gasteiger partial charge on any atom is 0.416 e. The zero-order valence-corrected chi connectivity index (χ0v) is 20.8. The Kier molecular flexibility index (Phi) is 7.13. The molecule has 0 radical (unpaired) electrons. The summed E-state index contributed by atoms with van der Waals surface area (Å²) in [6, 6.07) is 10.3. The molecule has 1 atom stereocenters. The number of amides is 1. The maximum atomic E-state index is 13.7. The Morgan fingerprint density at radius 3 is 2.20 bits per heavy atom. The van der Waals surface area contributed by atoms with Gasteiger partial charge in [0.05, 0.1) is 41.4 Å². The molecule has 0 bridgehead atoms. The van der Waals surface area contributed by atoms with Crippen molar-refractivity contribution < 1.29 is 27.4 Å². The molecule has 3 aromatic rings. The van der Waals surface area contributed by atoms with Crippen molar-refractivity contribution in [2.24, 2.45) is 0 Å². The summed E-state index contributed by atoms with van der Waals surface area (Å²) in [5.74, 6) is 0.345. The van der Waals surface area contributed by atoms with Gasteiger partial charge in [-0.2, -0.15) is 13.2 Å². The number of benzene rings is 3. The second-order valence-corrected chi connectivity index (χ2v) is 9.18. The van der Waals surface area contributed by atoms with Crippen LogP contribution >= 0.6 is 34.8 Å². The number of halogens is 6. The first-order chi connectivity index (χ1) is 16.5. The van der Waals surface area contributed by atoms with Crippen LogP contribution in [0.4, 0.5) is 13.2 Å². The van der Waals surface area contributed by atoms with Gasteiger partial charge in [0.1, 0.15) is 0 Å². The fraction of sp³-hybridized carbons (Fsp3) is 0.240. The molecule has 4 rings (SSSR count). The summed E-state index contributed by atoms with van der Waals surface area (Å²) in [4.78, 5) is 15.2. The maximum absolute atomic E-state index is 13.7. The van der Waals surface area contributed by atoms with Crippen LogP contribution < -0.4 is 9.47 Å². The van der Waals surface area contributed by atoms with Gasteiger partial charge in [0, 0.05) is 11.6 Å². The van der Waals surface area contributed by atoms with E-state index < -0.39 is 23.7 Å². The van der Waals surface area contributed by atoms with Crippen molar-refractivity contribution in [1.29, 1.82) is 0 Å². The zero-order chi connectivity index (χ0) is 25.5. The van der Waals surface area contributed by atoms with E-state index in [2.05, 4.69) is 0 Å². The predicted octanol–water partition coefficient (Wildman–Crippen LogP) is 7.47. The lowest BCUT2D eigenvalue weighted by Crippen LogP contribution is -2.41. The second-order valence-electron chi connectivity index (χ2n) is 7.92. The number of hydrogen-bond acceptors (Lipinski definition) is 3. The van der Waals surface area contributed by atoms with Crippen LogP contribution in [-0.2, 0) is 12.6 Å². The van der Waals surface area contributed by atoms with Crippen LogP contribution in [0.25, 0.3) is 0 Å². The van der Waals surface area contributed by atoms with Crippen molar-refractivity contribution in [3.8, 4) is 11.5 Å². The van der Waals surface area contributed by atoms with Crippen LogP contribution in [0.15, 0.2) is 48.5 Å². The summed E-state index contributed by atoms with van der Waals surface area (Å²) < 4.78 is 51.5. The van der Waals surface area contributed by atoms with E-state index in [-0.39, 0.29) is 32.7 Å².